The minimum absolute atomic E-state index is 0.0994. The Balaban J connectivity index is 2.16. The molecule has 4 nitrogen and oxygen atoms in total. The van der Waals surface area contributed by atoms with E-state index in [1.54, 1.807) is 6.20 Å². The average molecular weight is 221 g/mol. The van der Waals surface area contributed by atoms with Crippen molar-refractivity contribution in [3.63, 3.8) is 0 Å². The minimum Gasteiger partial charge on any atom is -0.379 e. The van der Waals surface area contributed by atoms with E-state index >= 15 is 0 Å². The van der Waals surface area contributed by atoms with Gasteiger partial charge in [-0.2, -0.15) is 0 Å². The Morgan fingerprint density at radius 3 is 2.75 bits per heavy atom. The van der Waals surface area contributed by atoms with E-state index in [1.807, 2.05) is 19.2 Å². The van der Waals surface area contributed by atoms with Gasteiger partial charge in [-0.15, -0.1) is 0 Å². The van der Waals surface area contributed by atoms with Gasteiger partial charge in [0.05, 0.1) is 19.3 Å². The van der Waals surface area contributed by atoms with Crippen molar-refractivity contribution in [1.29, 1.82) is 0 Å². The zero-order valence-corrected chi connectivity index (χ0v) is 9.67. The molecule has 1 aromatic heterocycles. The van der Waals surface area contributed by atoms with E-state index in [0.717, 1.165) is 26.3 Å². The predicted molar refractivity (Wildman–Crippen MR) is 63.0 cm³/mol. The third kappa shape index (κ3) is 2.58. The highest BCUT2D eigenvalue weighted by Crippen LogP contribution is 2.23. The van der Waals surface area contributed by atoms with Crippen LogP contribution in [0.25, 0.3) is 0 Å². The molecule has 1 aliphatic rings. The van der Waals surface area contributed by atoms with Crippen molar-refractivity contribution in [1.82, 2.24) is 9.88 Å². The summed E-state index contributed by atoms with van der Waals surface area (Å²) in [6, 6.07) is 4.40. The molecule has 0 saturated carbocycles. The highest BCUT2D eigenvalue weighted by Gasteiger charge is 2.25. The maximum absolute atomic E-state index is 6.09. The number of ether oxygens (including phenoxy) is 1. The minimum atomic E-state index is 0.0994. The molecular weight excluding hydrogens is 202 g/mol. The number of hydrogen-bond donors (Lipinski definition) is 1. The van der Waals surface area contributed by atoms with Gasteiger partial charge in [-0.1, -0.05) is 6.07 Å². The van der Waals surface area contributed by atoms with Crippen LogP contribution in [0.4, 0.5) is 0 Å². The predicted octanol–water partition coefficient (Wildman–Crippen LogP) is 0.802. The summed E-state index contributed by atoms with van der Waals surface area (Å²) in [5.74, 6) is 0. The Labute approximate surface area is 96.4 Å². The maximum Gasteiger partial charge on any atom is 0.0594 e. The van der Waals surface area contributed by atoms with Crippen LogP contribution in [0.15, 0.2) is 24.5 Å². The van der Waals surface area contributed by atoms with E-state index in [2.05, 4.69) is 16.0 Å². The largest absolute Gasteiger partial charge is 0.379 e. The molecular formula is C12H19N3O. The molecule has 2 atom stereocenters. The summed E-state index contributed by atoms with van der Waals surface area (Å²) < 4.78 is 5.37. The second kappa shape index (κ2) is 5.39. The number of hydrogen-bond acceptors (Lipinski definition) is 4. The molecule has 1 aromatic rings. The first-order valence-corrected chi connectivity index (χ1v) is 5.76. The molecule has 88 valence electrons. The lowest BCUT2D eigenvalue weighted by atomic mass is 10.0. The monoisotopic (exact) mass is 221 g/mol. The maximum atomic E-state index is 6.09. The SMILES string of the molecule is CC(N)C(c1cccnc1)N1CCOCC1. The van der Waals surface area contributed by atoms with E-state index in [1.165, 1.54) is 5.56 Å². The molecule has 0 spiro atoms. The molecule has 16 heavy (non-hydrogen) atoms. The van der Waals surface area contributed by atoms with Crippen LogP contribution in [0.1, 0.15) is 18.5 Å². The van der Waals surface area contributed by atoms with E-state index in [4.69, 9.17) is 10.5 Å². The van der Waals surface area contributed by atoms with E-state index in [9.17, 15) is 0 Å². The molecule has 2 unspecified atom stereocenters. The Morgan fingerprint density at radius 2 is 2.19 bits per heavy atom. The fourth-order valence-electron chi connectivity index (χ4n) is 2.25. The van der Waals surface area contributed by atoms with Crippen molar-refractivity contribution < 1.29 is 4.74 Å². The molecule has 4 heteroatoms. The lowest BCUT2D eigenvalue weighted by Gasteiger charge is -2.36. The molecule has 2 rings (SSSR count). The summed E-state index contributed by atoms with van der Waals surface area (Å²) in [6.45, 7) is 5.53. The Kier molecular flexibility index (Phi) is 3.88. The summed E-state index contributed by atoms with van der Waals surface area (Å²) in [5.41, 5.74) is 7.28. The first-order valence-electron chi connectivity index (χ1n) is 5.76. The standard InChI is InChI=1S/C12H19N3O/c1-10(13)12(11-3-2-4-14-9-11)15-5-7-16-8-6-15/h2-4,9-10,12H,5-8,13H2,1H3. The number of pyridine rings is 1. The van der Waals surface area contributed by atoms with E-state index in [-0.39, 0.29) is 12.1 Å². The average Bonchev–Trinajstić information content (AvgIpc) is 2.31. The van der Waals surface area contributed by atoms with Gasteiger partial charge >= 0.3 is 0 Å². The zero-order valence-electron chi connectivity index (χ0n) is 9.67. The van der Waals surface area contributed by atoms with Gasteiger partial charge in [-0.3, -0.25) is 9.88 Å². The zero-order chi connectivity index (χ0) is 11.4. The van der Waals surface area contributed by atoms with Crippen LogP contribution < -0.4 is 5.73 Å². The quantitative estimate of drug-likeness (QED) is 0.820. The van der Waals surface area contributed by atoms with Crippen LogP contribution in [0.5, 0.6) is 0 Å². The van der Waals surface area contributed by atoms with Crippen molar-refractivity contribution in [2.75, 3.05) is 26.3 Å². The highest BCUT2D eigenvalue weighted by atomic mass is 16.5. The van der Waals surface area contributed by atoms with Gasteiger partial charge in [0.15, 0.2) is 0 Å². The van der Waals surface area contributed by atoms with Gasteiger partial charge in [0.25, 0.3) is 0 Å². The second-order valence-corrected chi connectivity index (χ2v) is 4.24. The first-order chi connectivity index (χ1) is 7.79. The summed E-state index contributed by atoms with van der Waals surface area (Å²) in [6.07, 6.45) is 3.70. The van der Waals surface area contributed by atoms with Crippen LogP contribution in [0, 0.1) is 0 Å². The summed E-state index contributed by atoms with van der Waals surface area (Å²) in [7, 11) is 0. The molecule has 1 fully saturated rings. The van der Waals surface area contributed by atoms with Crippen LogP contribution in [-0.2, 0) is 4.74 Å². The van der Waals surface area contributed by atoms with Crippen molar-refractivity contribution in [2.24, 2.45) is 5.73 Å². The van der Waals surface area contributed by atoms with Gasteiger partial charge in [-0.25, -0.2) is 0 Å². The number of morpholine rings is 1. The second-order valence-electron chi connectivity index (χ2n) is 4.24. The number of nitrogens with two attached hydrogens (primary N) is 1. The van der Waals surface area contributed by atoms with Crippen molar-refractivity contribution >= 4 is 0 Å². The van der Waals surface area contributed by atoms with Crippen molar-refractivity contribution in [2.45, 2.75) is 19.0 Å². The lowest BCUT2D eigenvalue weighted by molar-refractivity contribution is 0.0116. The van der Waals surface area contributed by atoms with E-state index < -0.39 is 0 Å². The van der Waals surface area contributed by atoms with Gasteiger partial charge in [0.2, 0.25) is 0 Å². The molecule has 2 heterocycles. The summed E-state index contributed by atoms with van der Waals surface area (Å²) in [5, 5.41) is 0. The van der Waals surface area contributed by atoms with E-state index in [0.29, 0.717) is 0 Å². The third-order valence-electron chi connectivity index (χ3n) is 2.96. The first kappa shape index (κ1) is 11.5. The Hall–Kier alpha value is -0.970. The number of nitrogens with zero attached hydrogens (tertiary/aromatic N) is 2. The molecule has 0 amide bonds. The Morgan fingerprint density at radius 1 is 1.44 bits per heavy atom. The van der Waals surface area contributed by atoms with Gasteiger partial charge in [0.1, 0.15) is 0 Å². The van der Waals surface area contributed by atoms with Crippen LogP contribution in [0.2, 0.25) is 0 Å². The smallest absolute Gasteiger partial charge is 0.0594 e. The molecule has 0 aliphatic carbocycles. The fraction of sp³-hybridized carbons (Fsp3) is 0.583. The highest BCUT2D eigenvalue weighted by molar-refractivity contribution is 5.16. The van der Waals surface area contributed by atoms with Crippen molar-refractivity contribution in [3.8, 4) is 0 Å². The molecule has 1 saturated heterocycles. The molecule has 2 N–H and O–H groups in total. The molecule has 0 bridgehead atoms. The lowest BCUT2D eigenvalue weighted by Crippen LogP contribution is -2.45. The summed E-state index contributed by atoms with van der Waals surface area (Å²) >= 11 is 0. The third-order valence-corrected chi connectivity index (χ3v) is 2.96. The number of rotatable bonds is 3. The van der Waals surface area contributed by atoms with Crippen LogP contribution in [0.3, 0.4) is 0 Å². The number of aromatic nitrogens is 1. The molecule has 0 radical (unpaired) electrons. The molecule has 1 aliphatic heterocycles. The summed E-state index contributed by atoms with van der Waals surface area (Å²) in [4.78, 5) is 6.55. The fourth-order valence-corrected chi connectivity index (χ4v) is 2.25. The Bertz CT molecular complexity index is 309. The van der Waals surface area contributed by atoms with Crippen molar-refractivity contribution in [3.05, 3.63) is 30.1 Å². The molecule has 0 aromatic carbocycles. The van der Waals surface area contributed by atoms with Gasteiger partial charge < -0.3 is 10.5 Å². The normalized spacial score (nSPS) is 21.6. The van der Waals surface area contributed by atoms with Crippen LogP contribution >= 0.6 is 0 Å². The van der Waals surface area contributed by atoms with Gasteiger partial charge in [-0.05, 0) is 18.6 Å². The van der Waals surface area contributed by atoms with Gasteiger partial charge in [0, 0.05) is 31.5 Å². The van der Waals surface area contributed by atoms with Crippen LogP contribution in [-0.4, -0.2) is 42.2 Å². The topological polar surface area (TPSA) is 51.4 Å².